The van der Waals surface area contributed by atoms with Crippen molar-refractivity contribution in [1.29, 1.82) is 0 Å². The summed E-state index contributed by atoms with van der Waals surface area (Å²) < 4.78 is 4.78. The van der Waals surface area contributed by atoms with E-state index in [9.17, 15) is 14.4 Å². The second kappa shape index (κ2) is 3.96. The highest BCUT2D eigenvalue weighted by Gasteiger charge is 2.33. The molecule has 2 rings (SSSR count). The standard InChI is InChI=1S/C10H12N2O4/c1-6(13)12-4-3-11-9(14)8(12)7-2-5-16-10(7)15/h2-5H2,1H3,(H,11,14)/b8-7+. The zero-order valence-electron chi connectivity index (χ0n) is 8.91. The highest BCUT2D eigenvalue weighted by Crippen LogP contribution is 2.22. The van der Waals surface area contributed by atoms with E-state index in [-0.39, 0.29) is 24.1 Å². The molecule has 2 saturated heterocycles. The van der Waals surface area contributed by atoms with Crippen LogP contribution in [0.25, 0.3) is 0 Å². The third kappa shape index (κ3) is 1.66. The van der Waals surface area contributed by atoms with Gasteiger partial charge in [0.25, 0.3) is 5.91 Å². The minimum Gasteiger partial charge on any atom is -0.462 e. The Bertz CT molecular complexity index is 400. The lowest BCUT2D eigenvalue weighted by molar-refractivity contribution is -0.136. The molecule has 6 heteroatoms. The molecule has 0 bridgehead atoms. The van der Waals surface area contributed by atoms with Crippen LogP contribution in [-0.4, -0.2) is 42.4 Å². The molecular weight excluding hydrogens is 212 g/mol. The van der Waals surface area contributed by atoms with Crippen LogP contribution in [0.5, 0.6) is 0 Å². The summed E-state index contributed by atoms with van der Waals surface area (Å²) in [5.74, 6) is -1.12. The van der Waals surface area contributed by atoms with E-state index < -0.39 is 5.97 Å². The average molecular weight is 224 g/mol. The number of carbonyl (C=O) groups is 3. The number of piperazine rings is 1. The minimum absolute atomic E-state index is 0.154. The van der Waals surface area contributed by atoms with E-state index in [1.165, 1.54) is 11.8 Å². The fourth-order valence-corrected chi connectivity index (χ4v) is 1.86. The van der Waals surface area contributed by atoms with E-state index in [2.05, 4.69) is 5.32 Å². The molecule has 0 aromatic heterocycles. The van der Waals surface area contributed by atoms with Crippen molar-refractivity contribution in [3.05, 3.63) is 11.3 Å². The van der Waals surface area contributed by atoms with Crippen LogP contribution in [-0.2, 0) is 19.1 Å². The van der Waals surface area contributed by atoms with Gasteiger partial charge in [-0.3, -0.25) is 9.59 Å². The summed E-state index contributed by atoms with van der Waals surface area (Å²) in [5, 5.41) is 2.62. The summed E-state index contributed by atoms with van der Waals surface area (Å²) in [6, 6.07) is 0. The van der Waals surface area contributed by atoms with Crippen molar-refractivity contribution in [1.82, 2.24) is 10.2 Å². The number of carbonyl (C=O) groups excluding carboxylic acids is 3. The number of cyclic esters (lactones) is 1. The lowest BCUT2D eigenvalue weighted by Gasteiger charge is -2.29. The first-order chi connectivity index (χ1) is 7.61. The molecule has 86 valence electrons. The third-order valence-corrected chi connectivity index (χ3v) is 2.60. The van der Waals surface area contributed by atoms with Crippen molar-refractivity contribution in [3.63, 3.8) is 0 Å². The maximum atomic E-state index is 11.7. The summed E-state index contributed by atoms with van der Waals surface area (Å²) >= 11 is 0. The summed E-state index contributed by atoms with van der Waals surface area (Å²) in [4.78, 5) is 35.8. The molecule has 0 radical (unpaired) electrons. The predicted molar refractivity (Wildman–Crippen MR) is 53.0 cm³/mol. The number of nitrogens with zero attached hydrogens (tertiary/aromatic N) is 1. The molecule has 2 aliphatic rings. The maximum Gasteiger partial charge on any atom is 0.336 e. The Morgan fingerprint density at radius 1 is 1.44 bits per heavy atom. The van der Waals surface area contributed by atoms with E-state index in [4.69, 9.17) is 4.74 Å². The van der Waals surface area contributed by atoms with Crippen LogP contribution in [0.4, 0.5) is 0 Å². The van der Waals surface area contributed by atoms with Gasteiger partial charge >= 0.3 is 5.97 Å². The molecule has 0 aromatic rings. The van der Waals surface area contributed by atoms with Crippen LogP contribution in [0.15, 0.2) is 11.3 Å². The van der Waals surface area contributed by atoms with Crippen molar-refractivity contribution < 1.29 is 19.1 Å². The molecule has 6 nitrogen and oxygen atoms in total. The predicted octanol–water partition coefficient (Wildman–Crippen LogP) is -0.834. The SMILES string of the molecule is CC(=O)N1CCNC(=O)/C1=C1/CCOC1=O. The summed E-state index contributed by atoms with van der Waals surface area (Å²) in [6.07, 6.45) is 0.380. The second-order valence-electron chi connectivity index (χ2n) is 3.64. The van der Waals surface area contributed by atoms with Crippen molar-refractivity contribution >= 4 is 17.8 Å². The molecule has 0 atom stereocenters. The molecule has 0 saturated carbocycles. The Balaban J connectivity index is 2.43. The zero-order valence-corrected chi connectivity index (χ0v) is 8.91. The summed E-state index contributed by atoms with van der Waals surface area (Å²) in [6.45, 7) is 2.45. The van der Waals surface area contributed by atoms with Crippen LogP contribution < -0.4 is 5.32 Å². The van der Waals surface area contributed by atoms with Crippen LogP contribution in [0, 0.1) is 0 Å². The van der Waals surface area contributed by atoms with Gasteiger partial charge in [-0.15, -0.1) is 0 Å². The van der Waals surface area contributed by atoms with Crippen molar-refractivity contribution in [2.24, 2.45) is 0 Å². The molecular formula is C10H12N2O4. The summed E-state index contributed by atoms with van der Waals surface area (Å²) in [7, 11) is 0. The number of amides is 2. The van der Waals surface area contributed by atoms with Gasteiger partial charge < -0.3 is 15.0 Å². The number of rotatable bonds is 0. The van der Waals surface area contributed by atoms with Crippen LogP contribution in [0.2, 0.25) is 0 Å². The maximum absolute atomic E-state index is 11.7. The largest absolute Gasteiger partial charge is 0.462 e. The molecule has 0 spiro atoms. The Kier molecular flexibility index (Phi) is 2.64. The monoisotopic (exact) mass is 224 g/mol. The number of hydrogen-bond donors (Lipinski definition) is 1. The van der Waals surface area contributed by atoms with Crippen molar-refractivity contribution in [3.8, 4) is 0 Å². The van der Waals surface area contributed by atoms with Gasteiger partial charge in [-0.2, -0.15) is 0 Å². The van der Waals surface area contributed by atoms with E-state index in [1.807, 2.05) is 0 Å². The summed E-state index contributed by atoms with van der Waals surface area (Å²) in [5.41, 5.74) is 0.452. The lowest BCUT2D eigenvalue weighted by Crippen LogP contribution is -2.48. The Labute approximate surface area is 92.2 Å². The average Bonchev–Trinajstić information content (AvgIpc) is 2.64. The third-order valence-electron chi connectivity index (χ3n) is 2.60. The molecule has 16 heavy (non-hydrogen) atoms. The van der Waals surface area contributed by atoms with Gasteiger partial charge in [-0.25, -0.2) is 4.79 Å². The first-order valence-corrected chi connectivity index (χ1v) is 5.08. The number of esters is 1. The number of hydrogen-bond acceptors (Lipinski definition) is 4. The fourth-order valence-electron chi connectivity index (χ4n) is 1.86. The molecule has 1 N–H and O–H groups in total. The van der Waals surface area contributed by atoms with Gasteiger partial charge in [-0.05, 0) is 0 Å². The molecule has 0 aromatic carbocycles. The smallest absolute Gasteiger partial charge is 0.336 e. The minimum atomic E-state index is -0.502. The van der Waals surface area contributed by atoms with Crippen LogP contribution in [0.1, 0.15) is 13.3 Å². The topological polar surface area (TPSA) is 75.7 Å². The molecule has 2 fully saturated rings. The molecule has 2 amide bonds. The van der Waals surface area contributed by atoms with Gasteiger partial charge in [0.05, 0.1) is 12.2 Å². The number of nitrogens with one attached hydrogen (secondary N) is 1. The first kappa shape index (κ1) is 10.7. The van der Waals surface area contributed by atoms with Gasteiger partial charge in [0, 0.05) is 26.4 Å². The lowest BCUT2D eigenvalue weighted by atomic mass is 10.1. The van der Waals surface area contributed by atoms with E-state index in [1.54, 1.807) is 0 Å². The zero-order chi connectivity index (χ0) is 11.7. The van der Waals surface area contributed by atoms with Crippen LogP contribution in [0.3, 0.4) is 0 Å². The molecule has 0 unspecified atom stereocenters. The second-order valence-corrected chi connectivity index (χ2v) is 3.64. The van der Waals surface area contributed by atoms with Gasteiger partial charge in [0.2, 0.25) is 5.91 Å². The highest BCUT2D eigenvalue weighted by molar-refractivity contribution is 6.06. The quantitative estimate of drug-likeness (QED) is 0.430. The Morgan fingerprint density at radius 2 is 2.19 bits per heavy atom. The van der Waals surface area contributed by atoms with E-state index in [0.717, 1.165) is 0 Å². The normalized spacial score (nSPS) is 25.4. The van der Waals surface area contributed by atoms with E-state index >= 15 is 0 Å². The Morgan fingerprint density at radius 3 is 2.75 bits per heavy atom. The highest BCUT2D eigenvalue weighted by atomic mass is 16.5. The fraction of sp³-hybridized carbons (Fsp3) is 0.500. The van der Waals surface area contributed by atoms with Crippen molar-refractivity contribution in [2.45, 2.75) is 13.3 Å². The first-order valence-electron chi connectivity index (χ1n) is 5.08. The van der Waals surface area contributed by atoms with Crippen molar-refractivity contribution in [2.75, 3.05) is 19.7 Å². The molecule has 2 heterocycles. The molecule has 2 aliphatic heterocycles. The Hall–Kier alpha value is -1.85. The van der Waals surface area contributed by atoms with Gasteiger partial charge in [0.1, 0.15) is 5.70 Å². The van der Waals surface area contributed by atoms with Crippen LogP contribution >= 0.6 is 0 Å². The van der Waals surface area contributed by atoms with Gasteiger partial charge in [0.15, 0.2) is 0 Å². The number of ether oxygens (including phenoxy) is 1. The van der Waals surface area contributed by atoms with Gasteiger partial charge in [-0.1, -0.05) is 0 Å². The van der Waals surface area contributed by atoms with E-state index in [0.29, 0.717) is 25.1 Å². The molecule has 0 aliphatic carbocycles.